The first-order chi connectivity index (χ1) is 19.5. The van der Waals surface area contributed by atoms with Gasteiger partial charge < -0.3 is 14.7 Å². The third-order valence-corrected chi connectivity index (χ3v) is 7.71. The molecule has 4 aromatic rings. The van der Waals surface area contributed by atoms with Crippen LogP contribution in [0.15, 0.2) is 114 Å². The van der Waals surface area contributed by atoms with Crippen molar-refractivity contribution in [2.75, 3.05) is 0 Å². The van der Waals surface area contributed by atoms with Crippen molar-refractivity contribution in [3.05, 3.63) is 143 Å². The normalized spacial score (nSPS) is 19.1. The van der Waals surface area contributed by atoms with Crippen LogP contribution in [0.1, 0.15) is 53.5 Å². The van der Waals surface area contributed by atoms with Gasteiger partial charge in [-0.2, -0.15) is 0 Å². The van der Waals surface area contributed by atoms with E-state index in [2.05, 4.69) is 5.16 Å². The Balaban J connectivity index is 1.41. The van der Waals surface area contributed by atoms with Gasteiger partial charge in [-0.1, -0.05) is 84.9 Å². The zero-order chi connectivity index (χ0) is 27.8. The highest BCUT2D eigenvalue weighted by atomic mass is 19.1. The monoisotopic (exact) mass is 537 g/mol. The molecule has 4 aromatic carbocycles. The first-order valence-electron chi connectivity index (χ1n) is 13.5. The van der Waals surface area contributed by atoms with Crippen LogP contribution in [0.4, 0.5) is 4.39 Å². The number of ether oxygens (including phenoxy) is 1. The van der Waals surface area contributed by atoms with Crippen LogP contribution in [0.25, 0.3) is 0 Å². The Bertz CT molecular complexity index is 1410. The van der Waals surface area contributed by atoms with Crippen LogP contribution in [0, 0.1) is 11.7 Å². The molecule has 0 aromatic heterocycles. The Hall–Kier alpha value is -4.45. The second kappa shape index (κ2) is 12.6. The number of carboxylic acids is 1. The van der Waals surface area contributed by atoms with E-state index in [1.54, 1.807) is 0 Å². The number of nitrogens with zero attached hydrogens (tertiary/aromatic N) is 1. The molecular weight excluding hydrogens is 505 g/mol. The molecule has 1 aliphatic carbocycles. The fourth-order valence-electron chi connectivity index (χ4n) is 5.43. The van der Waals surface area contributed by atoms with Crippen LogP contribution < -0.4 is 0 Å². The lowest BCUT2D eigenvalue weighted by Gasteiger charge is -2.40. The van der Waals surface area contributed by atoms with E-state index in [1.165, 1.54) is 12.1 Å². The average Bonchev–Trinajstić information content (AvgIpc) is 3.00. The van der Waals surface area contributed by atoms with E-state index < -0.39 is 11.4 Å². The maximum Gasteiger partial charge on any atom is 0.306 e. The Kier molecular flexibility index (Phi) is 8.55. The smallest absolute Gasteiger partial charge is 0.306 e. The van der Waals surface area contributed by atoms with Gasteiger partial charge in [-0.3, -0.25) is 4.79 Å². The molecule has 0 unspecified atom stereocenters. The second-order valence-electron chi connectivity index (χ2n) is 10.2. The van der Waals surface area contributed by atoms with Gasteiger partial charge in [0.2, 0.25) is 0 Å². The molecule has 1 aliphatic rings. The molecule has 0 bridgehead atoms. The van der Waals surface area contributed by atoms with E-state index in [0.29, 0.717) is 44.8 Å². The SMILES string of the molecule is O=C(O)C1CCC(c2ccc(F)cc2)(c2ccc(C(=NOCc3ccccc3)OCc3ccccc3)cc2)CC1. The number of carbonyl (C=O) groups is 1. The summed E-state index contributed by atoms with van der Waals surface area (Å²) in [7, 11) is 0. The number of benzene rings is 4. The Morgan fingerprint density at radius 2 is 1.30 bits per heavy atom. The van der Waals surface area contributed by atoms with Crippen molar-refractivity contribution in [1.29, 1.82) is 0 Å². The van der Waals surface area contributed by atoms with Crippen molar-refractivity contribution in [3.63, 3.8) is 0 Å². The lowest BCUT2D eigenvalue weighted by atomic mass is 9.63. The summed E-state index contributed by atoms with van der Waals surface area (Å²) < 4.78 is 19.9. The van der Waals surface area contributed by atoms with Gasteiger partial charge in [0.25, 0.3) is 5.90 Å². The molecule has 5 nitrogen and oxygen atoms in total. The molecule has 1 N–H and O–H groups in total. The highest BCUT2D eigenvalue weighted by Gasteiger charge is 2.40. The molecule has 6 heteroatoms. The van der Waals surface area contributed by atoms with Crippen LogP contribution in [0.2, 0.25) is 0 Å². The topological polar surface area (TPSA) is 68.1 Å². The first-order valence-corrected chi connectivity index (χ1v) is 13.5. The van der Waals surface area contributed by atoms with Crippen molar-refractivity contribution in [2.45, 2.75) is 44.3 Å². The van der Waals surface area contributed by atoms with Gasteiger partial charge in [0.05, 0.1) is 5.92 Å². The Labute approximate surface area is 233 Å². The van der Waals surface area contributed by atoms with E-state index in [9.17, 15) is 14.3 Å². The van der Waals surface area contributed by atoms with Gasteiger partial charge in [-0.15, -0.1) is 0 Å². The molecule has 0 heterocycles. The fourth-order valence-corrected chi connectivity index (χ4v) is 5.43. The van der Waals surface area contributed by atoms with Gasteiger partial charge in [0.15, 0.2) is 0 Å². The van der Waals surface area contributed by atoms with E-state index in [0.717, 1.165) is 27.8 Å². The second-order valence-corrected chi connectivity index (χ2v) is 10.2. The van der Waals surface area contributed by atoms with E-state index in [4.69, 9.17) is 9.57 Å². The van der Waals surface area contributed by atoms with E-state index in [-0.39, 0.29) is 11.7 Å². The van der Waals surface area contributed by atoms with Crippen LogP contribution in [0.5, 0.6) is 0 Å². The number of aliphatic carboxylic acids is 1. The van der Waals surface area contributed by atoms with Gasteiger partial charge >= 0.3 is 5.97 Å². The lowest BCUT2D eigenvalue weighted by molar-refractivity contribution is -0.143. The van der Waals surface area contributed by atoms with Gasteiger partial charge in [0.1, 0.15) is 19.0 Å². The lowest BCUT2D eigenvalue weighted by Crippen LogP contribution is -2.35. The average molecular weight is 538 g/mol. The van der Waals surface area contributed by atoms with Crippen LogP contribution in [0.3, 0.4) is 0 Å². The van der Waals surface area contributed by atoms with Gasteiger partial charge in [-0.05, 0) is 77.4 Å². The third kappa shape index (κ3) is 6.40. The minimum absolute atomic E-state index is 0.291. The van der Waals surface area contributed by atoms with E-state index in [1.807, 2.05) is 97.1 Å². The maximum atomic E-state index is 13.8. The molecule has 0 saturated heterocycles. The largest absolute Gasteiger partial charge is 0.481 e. The Morgan fingerprint density at radius 1 is 0.775 bits per heavy atom. The summed E-state index contributed by atoms with van der Waals surface area (Å²) >= 11 is 0. The van der Waals surface area contributed by atoms with Crippen LogP contribution in [-0.4, -0.2) is 17.0 Å². The molecule has 1 fully saturated rings. The number of carboxylic acid groups (broad SMARTS) is 1. The number of hydrogen-bond acceptors (Lipinski definition) is 4. The fraction of sp³-hybridized carbons (Fsp3) is 0.235. The van der Waals surface area contributed by atoms with Crippen molar-refractivity contribution in [3.8, 4) is 0 Å². The minimum atomic E-state index is -0.755. The molecule has 1 saturated carbocycles. The van der Waals surface area contributed by atoms with Crippen molar-refractivity contribution in [2.24, 2.45) is 11.1 Å². The highest BCUT2D eigenvalue weighted by molar-refractivity contribution is 5.93. The zero-order valence-electron chi connectivity index (χ0n) is 22.2. The summed E-state index contributed by atoms with van der Waals surface area (Å²) in [5, 5.41) is 13.9. The van der Waals surface area contributed by atoms with Crippen molar-refractivity contribution in [1.82, 2.24) is 0 Å². The number of oxime groups is 1. The number of rotatable bonds is 9. The molecular formula is C34H32FNO4. The van der Waals surface area contributed by atoms with Crippen molar-refractivity contribution >= 4 is 11.9 Å². The van der Waals surface area contributed by atoms with Crippen LogP contribution >= 0.6 is 0 Å². The maximum absolute atomic E-state index is 13.8. The summed E-state index contributed by atoms with van der Waals surface area (Å²) in [6, 6.07) is 34.3. The van der Waals surface area contributed by atoms with Gasteiger partial charge in [0, 0.05) is 11.0 Å². The minimum Gasteiger partial charge on any atom is -0.481 e. The summed E-state index contributed by atoms with van der Waals surface area (Å²) in [6.07, 6.45) is 2.46. The number of hydrogen-bond donors (Lipinski definition) is 1. The summed E-state index contributed by atoms with van der Waals surface area (Å²) in [4.78, 5) is 17.3. The van der Waals surface area contributed by atoms with Gasteiger partial charge in [-0.25, -0.2) is 4.39 Å². The van der Waals surface area contributed by atoms with Crippen LogP contribution in [-0.2, 0) is 33.0 Å². The number of halogens is 1. The third-order valence-electron chi connectivity index (χ3n) is 7.71. The molecule has 5 rings (SSSR count). The predicted octanol–water partition coefficient (Wildman–Crippen LogP) is 7.48. The highest BCUT2D eigenvalue weighted by Crippen LogP contribution is 2.46. The summed E-state index contributed by atoms with van der Waals surface area (Å²) in [5.41, 5.74) is 4.43. The first kappa shape index (κ1) is 27.1. The van der Waals surface area contributed by atoms with Crippen molar-refractivity contribution < 1.29 is 23.9 Å². The predicted molar refractivity (Wildman–Crippen MR) is 152 cm³/mol. The summed E-state index contributed by atoms with van der Waals surface area (Å²) in [6.45, 7) is 0.655. The molecule has 0 atom stereocenters. The summed E-state index contributed by atoms with van der Waals surface area (Å²) in [5.74, 6) is -1.04. The quantitative estimate of drug-likeness (QED) is 0.137. The molecule has 40 heavy (non-hydrogen) atoms. The molecule has 0 spiro atoms. The standard InChI is InChI=1S/C34H32FNO4/c35-31-17-15-30(16-18-31)34(21-19-28(20-22-34)33(37)38)29-13-11-27(12-14-29)32(39-23-25-7-3-1-4-8-25)36-40-24-26-9-5-2-6-10-26/h1-18,28H,19-24H2,(H,37,38). The molecule has 0 amide bonds. The zero-order valence-corrected chi connectivity index (χ0v) is 22.2. The Morgan fingerprint density at radius 3 is 1.85 bits per heavy atom. The molecule has 0 radical (unpaired) electrons. The molecule has 204 valence electrons. The molecule has 0 aliphatic heterocycles. The van der Waals surface area contributed by atoms with E-state index >= 15 is 0 Å².